The van der Waals surface area contributed by atoms with Crippen LogP contribution in [0.15, 0.2) is 53.2 Å². The molecular formula is C18H18N2O. The first-order valence-electron chi connectivity index (χ1n) is 8.54. The first kappa shape index (κ1) is 9.50. The molecule has 1 aliphatic rings. The van der Waals surface area contributed by atoms with Gasteiger partial charge in [-0.3, -0.25) is 0 Å². The topological polar surface area (TPSA) is 19.6 Å². The standard InChI is InChI=1S/C18H18N2O/c1-12-8-9-15-14-6-4-5-7-16(14)21-18(15)17(12)20-11-10-19(3)13(20)2/h4-11,13H,1-3H3/t13-/m0/s1/i3D3. The third-order valence-electron chi connectivity index (χ3n) is 4.17. The van der Waals surface area contributed by atoms with Crippen molar-refractivity contribution in [2.75, 3.05) is 11.9 Å². The van der Waals surface area contributed by atoms with Crippen LogP contribution >= 0.6 is 0 Å². The number of benzene rings is 2. The molecule has 106 valence electrons. The third-order valence-corrected chi connectivity index (χ3v) is 4.17. The Balaban J connectivity index is 1.91. The van der Waals surface area contributed by atoms with Crippen molar-refractivity contribution in [3.05, 3.63) is 54.4 Å². The molecule has 3 heteroatoms. The van der Waals surface area contributed by atoms with E-state index in [0.29, 0.717) is 0 Å². The fourth-order valence-corrected chi connectivity index (χ4v) is 2.98. The van der Waals surface area contributed by atoms with Gasteiger partial charge in [-0.2, -0.15) is 0 Å². The van der Waals surface area contributed by atoms with Crippen molar-refractivity contribution in [1.29, 1.82) is 0 Å². The molecule has 4 rings (SSSR count). The molecule has 0 saturated heterocycles. The number of furan rings is 1. The Labute approximate surface area is 128 Å². The molecule has 0 unspecified atom stereocenters. The third kappa shape index (κ3) is 1.67. The molecule has 21 heavy (non-hydrogen) atoms. The van der Waals surface area contributed by atoms with E-state index in [0.717, 1.165) is 33.2 Å². The molecule has 0 radical (unpaired) electrons. The van der Waals surface area contributed by atoms with Crippen molar-refractivity contribution < 1.29 is 8.53 Å². The summed E-state index contributed by atoms with van der Waals surface area (Å²) in [7, 11) is 0. The maximum Gasteiger partial charge on any atom is 0.159 e. The van der Waals surface area contributed by atoms with E-state index in [1.165, 1.54) is 4.90 Å². The predicted octanol–water partition coefficient (Wildman–Crippen LogP) is 4.46. The summed E-state index contributed by atoms with van der Waals surface area (Å²) in [5, 5.41) is 2.11. The molecule has 3 aromatic rings. The lowest BCUT2D eigenvalue weighted by molar-refractivity contribution is 0.383. The van der Waals surface area contributed by atoms with Crippen LogP contribution < -0.4 is 4.90 Å². The number of para-hydroxylation sites is 1. The summed E-state index contributed by atoms with van der Waals surface area (Å²) in [5.74, 6) is 0. The Bertz CT molecular complexity index is 958. The highest BCUT2D eigenvalue weighted by Crippen LogP contribution is 2.39. The van der Waals surface area contributed by atoms with Crippen LogP contribution in [0.4, 0.5) is 5.69 Å². The van der Waals surface area contributed by atoms with Gasteiger partial charge >= 0.3 is 0 Å². The number of fused-ring (bicyclic) bond motifs is 3. The molecule has 1 aliphatic heterocycles. The molecule has 0 N–H and O–H groups in total. The van der Waals surface area contributed by atoms with Gasteiger partial charge in [0, 0.05) is 34.3 Å². The minimum atomic E-state index is -2.17. The van der Waals surface area contributed by atoms with Crippen LogP contribution in [0.5, 0.6) is 0 Å². The van der Waals surface area contributed by atoms with Crippen molar-refractivity contribution in [2.45, 2.75) is 20.0 Å². The normalized spacial score (nSPS) is 21.0. The molecule has 2 aromatic carbocycles. The zero-order valence-corrected chi connectivity index (χ0v) is 12.0. The highest BCUT2D eigenvalue weighted by atomic mass is 16.3. The van der Waals surface area contributed by atoms with Crippen LogP contribution in [0.2, 0.25) is 0 Å². The van der Waals surface area contributed by atoms with Crippen molar-refractivity contribution in [2.24, 2.45) is 0 Å². The summed E-state index contributed by atoms with van der Waals surface area (Å²) >= 11 is 0. The van der Waals surface area contributed by atoms with Gasteiger partial charge in [-0.1, -0.05) is 30.3 Å². The maximum absolute atomic E-state index is 7.67. The summed E-state index contributed by atoms with van der Waals surface area (Å²) in [6.07, 6.45) is 3.12. The molecule has 0 saturated carbocycles. The summed E-state index contributed by atoms with van der Waals surface area (Å²) in [4.78, 5) is 3.35. The Kier molecular flexibility index (Phi) is 1.94. The van der Waals surface area contributed by atoms with Crippen LogP contribution in [0, 0.1) is 6.92 Å². The number of anilines is 1. The van der Waals surface area contributed by atoms with Gasteiger partial charge in [-0.05, 0) is 25.5 Å². The molecule has 0 bridgehead atoms. The largest absolute Gasteiger partial charge is 0.454 e. The van der Waals surface area contributed by atoms with Gasteiger partial charge in [0.25, 0.3) is 0 Å². The predicted molar refractivity (Wildman–Crippen MR) is 87.3 cm³/mol. The number of hydrogen-bond donors (Lipinski definition) is 0. The van der Waals surface area contributed by atoms with E-state index in [1.807, 2.05) is 49.2 Å². The Morgan fingerprint density at radius 2 is 1.95 bits per heavy atom. The lowest BCUT2D eigenvalue weighted by Crippen LogP contribution is -2.33. The van der Waals surface area contributed by atoms with Crippen molar-refractivity contribution >= 4 is 27.6 Å². The van der Waals surface area contributed by atoms with E-state index in [4.69, 9.17) is 8.53 Å². The quantitative estimate of drug-likeness (QED) is 0.656. The molecular weight excluding hydrogens is 260 g/mol. The van der Waals surface area contributed by atoms with E-state index >= 15 is 0 Å². The van der Waals surface area contributed by atoms with Gasteiger partial charge in [0.1, 0.15) is 11.7 Å². The van der Waals surface area contributed by atoms with Gasteiger partial charge < -0.3 is 14.2 Å². The van der Waals surface area contributed by atoms with E-state index in [2.05, 4.69) is 12.1 Å². The average molecular weight is 281 g/mol. The summed E-state index contributed by atoms with van der Waals surface area (Å²) in [6, 6.07) is 12.0. The molecule has 0 aliphatic carbocycles. The molecule has 1 aromatic heterocycles. The average Bonchev–Trinajstić information content (AvgIpc) is 3.07. The van der Waals surface area contributed by atoms with Crippen LogP contribution in [0.25, 0.3) is 21.9 Å². The minimum Gasteiger partial charge on any atom is -0.454 e. The van der Waals surface area contributed by atoms with Crippen molar-refractivity contribution in [3.8, 4) is 0 Å². The molecule has 0 amide bonds. The SMILES string of the molecule is [2H]C([2H])([2H])N1C=CN(c2c(C)ccc3c2oc2ccccc23)[C@H]1C. The van der Waals surface area contributed by atoms with Gasteiger partial charge in [-0.25, -0.2) is 0 Å². The second-order valence-electron chi connectivity index (χ2n) is 5.45. The Hall–Kier alpha value is -2.42. The lowest BCUT2D eigenvalue weighted by Gasteiger charge is -2.28. The van der Waals surface area contributed by atoms with Crippen LogP contribution in [-0.2, 0) is 0 Å². The highest BCUT2D eigenvalue weighted by Gasteiger charge is 2.25. The first-order valence-corrected chi connectivity index (χ1v) is 7.04. The fourth-order valence-electron chi connectivity index (χ4n) is 2.98. The second kappa shape index (κ2) is 4.29. The number of hydrogen-bond acceptors (Lipinski definition) is 3. The van der Waals surface area contributed by atoms with Gasteiger partial charge in [0.15, 0.2) is 5.58 Å². The fraction of sp³-hybridized carbons (Fsp3) is 0.222. The molecule has 0 spiro atoms. The molecule has 2 heterocycles. The minimum absolute atomic E-state index is 0.310. The zero-order chi connectivity index (χ0) is 17.1. The van der Waals surface area contributed by atoms with E-state index in [-0.39, 0.29) is 6.17 Å². The molecule has 3 nitrogen and oxygen atoms in total. The van der Waals surface area contributed by atoms with Crippen LogP contribution in [0.3, 0.4) is 0 Å². The van der Waals surface area contributed by atoms with Crippen molar-refractivity contribution in [1.82, 2.24) is 4.90 Å². The molecule has 1 atom stereocenters. The van der Waals surface area contributed by atoms with E-state index in [1.54, 1.807) is 6.20 Å². The second-order valence-corrected chi connectivity index (χ2v) is 5.45. The van der Waals surface area contributed by atoms with Crippen LogP contribution in [0.1, 0.15) is 16.6 Å². The first-order chi connectivity index (χ1) is 11.4. The van der Waals surface area contributed by atoms with E-state index < -0.39 is 6.98 Å². The van der Waals surface area contributed by atoms with Crippen LogP contribution in [-0.4, -0.2) is 18.0 Å². The van der Waals surface area contributed by atoms with Gasteiger partial charge in [0.2, 0.25) is 0 Å². The Morgan fingerprint density at radius 1 is 1.10 bits per heavy atom. The summed E-state index contributed by atoms with van der Waals surface area (Å²) in [5.41, 5.74) is 3.59. The summed E-state index contributed by atoms with van der Waals surface area (Å²) in [6.45, 7) is 1.73. The number of nitrogens with zero attached hydrogens (tertiary/aromatic N) is 2. The van der Waals surface area contributed by atoms with Gasteiger partial charge in [0.05, 0.1) is 5.69 Å². The monoisotopic (exact) mass is 281 g/mol. The zero-order valence-electron chi connectivity index (χ0n) is 15.0. The Morgan fingerprint density at radius 3 is 2.76 bits per heavy atom. The molecule has 0 fully saturated rings. The number of rotatable bonds is 1. The maximum atomic E-state index is 7.67. The van der Waals surface area contributed by atoms with Crippen molar-refractivity contribution in [3.63, 3.8) is 0 Å². The van der Waals surface area contributed by atoms with Gasteiger partial charge in [-0.15, -0.1) is 0 Å². The highest BCUT2D eigenvalue weighted by molar-refractivity contribution is 6.09. The summed E-state index contributed by atoms with van der Waals surface area (Å²) < 4.78 is 29.1. The van der Waals surface area contributed by atoms with E-state index in [9.17, 15) is 0 Å². The smallest absolute Gasteiger partial charge is 0.159 e. The number of aryl methyl sites for hydroxylation is 1. The lowest BCUT2D eigenvalue weighted by atomic mass is 10.1.